The molecule has 0 aliphatic rings. The van der Waals surface area contributed by atoms with Gasteiger partial charge in [-0.1, -0.05) is 12.1 Å². The fourth-order valence-corrected chi connectivity index (χ4v) is 2.87. The van der Waals surface area contributed by atoms with Gasteiger partial charge in [-0.05, 0) is 43.0 Å². The van der Waals surface area contributed by atoms with E-state index in [1.807, 2.05) is 6.92 Å². The van der Waals surface area contributed by atoms with Gasteiger partial charge in [0.25, 0.3) is 11.4 Å². The molecule has 124 valence electrons. The van der Waals surface area contributed by atoms with Crippen molar-refractivity contribution in [3.8, 4) is 17.3 Å². The number of rotatable bonds is 5. The molecule has 0 bridgehead atoms. The van der Waals surface area contributed by atoms with Crippen molar-refractivity contribution in [1.29, 1.82) is 0 Å². The lowest BCUT2D eigenvalue weighted by molar-refractivity contribution is 0.420. The number of halogens is 1. The summed E-state index contributed by atoms with van der Waals surface area (Å²) in [6, 6.07) is 8.38. The fraction of sp³-hybridized carbons (Fsp3) is 0.250. The molecule has 24 heavy (non-hydrogen) atoms. The number of benzene rings is 1. The minimum absolute atomic E-state index is 0.107. The van der Waals surface area contributed by atoms with Crippen LogP contribution in [0.4, 0.5) is 4.39 Å². The fourth-order valence-electron chi connectivity index (χ4n) is 2.12. The van der Waals surface area contributed by atoms with Crippen molar-refractivity contribution in [3.63, 3.8) is 0 Å². The molecule has 3 rings (SSSR count). The average Bonchev–Trinajstić information content (AvgIpc) is 3.07. The Balaban J connectivity index is 1.97. The van der Waals surface area contributed by atoms with Crippen molar-refractivity contribution >= 4 is 11.8 Å². The quantitative estimate of drug-likeness (QED) is 0.706. The van der Waals surface area contributed by atoms with Gasteiger partial charge in [-0.15, -0.1) is 0 Å². The van der Waals surface area contributed by atoms with Crippen molar-refractivity contribution < 1.29 is 8.91 Å². The highest BCUT2D eigenvalue weighted by atomic mass is 32.2. The first-order valence-electron chi connectivity index (χ1n) is 7.40. The van der Waals surface area contributed by atoms with E-state index in [0.29, 0.717) is 17.2 Å². The third kappa shape index (κ3) is 3.38. The highest BCUT2D eigenvalue weighted by molar-refractivity contribution is 7.99. The number of hydrogen-bond acceptors (Lipinski definition) is 6. The lowest BCUT2D eigenvalue weighted by atomic mass is 10.3. The molecule has 6 nitrogen and oxygen atoms in total. The van der Waals surface area contributed by atoms with E-state index in [2.05, 4.69) is 22.2 Å². The van der Waals surface area contributed by atoms with E-state index in [1.54, 1.807) is 11.8 Å². The summed E-state index contributed by atoms with van der Waals surface area (Å²) in [5.74, 6) is 1.38. The van der Waals surface area contributed by atoms with E-state index in [1.165, 1.54) is 41.1 Å². The van der Waals surface area contributed by atoms with Crippen molar-refractivity contribution in [2.75, 3.05) is 5.75 Å². The summed E-state index contributed by atoms with van der Waals surface area (Å²) < 4.78 is 19.5. The van der Waals surface area contributed by atoms with Crippen LogP contribution in [0.1, 0.15) is 24.9 Å². The highest BCUT2D eigenvalue weighted by Gasteiger charge is 2.16. The molecule has 0 fully saturated rings. The molecular weight excluding hydrogens is 331 g/mol. The lowest BCUT2D eigenvalue weighted by Crippen LogP contribution is -2.20. The summed E-state index contributed by atoms with van der Waals surface area (Å²) in [4.78, 5) is 16.4. The number of thioether (sulfide) groups is 1. The second-order valence-corrected chi connectivity index (χ2v) is 6.62. The van der Waals surface area contributed by atoms with E-state index in [9.17, 15) is 9.18 Å². The van der Waals surface area contributed by atoms with Crippen LogP contribution in [0.2, 0.25) is 0 Å². The van der Waals surface area contributed by atoms with Crippen LogP contribution in [0, 0.1) is 5.82 Å². The van der Waals surface area contributed by atoms with Crippen LogP contribution in [0.5, 0.6) is 0 Å². The molecule has 1 atom stereocenters. The molecule has 0 amide bonds. The summed E-state index contributed by atoms with van der Waals surface area (Å²) in [7, 11) is 0. The van der Waals surface area contributed by atoms with Crippen molar-refractivity contribution in [1.82, 2.24) is 19.9 Å². The monoisotopic (exact) mass is 346 g/mol. The summed E-state index contributed by atoms with van der Waals surface area (Å²) in [6.45, 7) is 4.05. The number of hydrogen-bond donors (Lipinski definition) is 0. The zero-order valence-electron chi connectivity index (χ0n) is 13.1. The minimum Gasteiger partial charge on any atom is -0.332 e. The Labute approximate surface area is 141 Å². The zero-order valence-corrected chi connectivity index (χ0v) is 14.0. The Morgan fingerprint density at radius 3 is 2.71 bits per heavy atom. The van der Waals surface area contributed by atoms with Gasteiger partial charge in [0, 0.05) is 6.07 Å². The molecule has 0 aliphatic heterocycles. The Morgan fingerprint density at radius 1 is 1.25 bits per heavy atom. The predicted octanol–water partition coefficient (Wildman–Crippen LogP) is 3.24. The van der Waals surface area contributed by atoms with E-state index in [0.717, 1.165) is 5.75 Å². The van der Waals surface area contributed by atoms with E-state index in [-0.39, 0.29) is 22.5 Å². The maximum atomic E-state index is 13.0. The molecule has 2 heterocycles. The van der Waals surface area contributed by atoms with Gasteiger partial charge in [-0.25, -0.2) is 4.39 Å². The van der Waals surface area contributed by atoms with Crippen molar-refractivity contribution in [3.05, 3.63) is 58.4 Å². The van der Waals surface area contributed by atoms with Gasteiger partial charge in [0.1, 0.15) is 11.5 Å². The Kier molecular flexibility index (Phi) is 4.75. The molecule has 0 saturated heterocycles. The molecule has 0 unspecified atom stereocenters. The smallest absolute Gasteiger partial charge is 0.278 e. The first-order chi connectivity index (χ1) is 11.6. The normalized spacial score (nSPS) is 12.3. The molecule has 0 N–H and O–H groups in total. The third-order valence-corrected chi connectivity index (χ3v) is 4.36. The van der Waals surface area contributed by atoms with Crippen LogP contribution < -0.4 is 5.56 Å². The second-order valence-electron chi connectivity index (χ2n) is 5.00. The Bertz CT molecular complexity index is 892. The first-order valence-corrected chi connectivity index (χ1v) is 8.45. The Hall–Kier alpha value is -2.48. The van der Waals surface area contributed by atoms with Crippen LogP contribution in [0.25, 0.3) is 17.3 Å². The third-order valence-electron chi connectivity index (χ3n) is 3.31. The predicted molar refractivity (Wildman–Crippen MR) is 89.6 cm³/mol. The largest absolute Gasteiger partial charge is 0.332 e. The summed E-state index contributed by atoms with van der Waals surface area (Å²) in [5.41, 5.74) is 0.504. The van der Waals surface area contributed by atoms with Crippen LogP contribution in [-0.4, -0.2) is 25.7 Å². The van der Waals surface area contributed by atoms with Crippen molar-refractivity contribution in [2.24, 2.45) is 0 Å². The molecule has 0 spiro atoms. The molecular formula is C16H15FN4O2S. The van der Waals surface area contributed by atoms with E-state index in [4.69, 9.17) is 4.52 Å². The summed E-state index contributed by atoms with van der Waals surface area (Å²) >= 11 is 1.70. The molecule has 0 saturated carbocycles. The van der Waals surface area contributed by atoms with Crippen LogP contribution in [-0.2, 0) is 0 Å². The summed E-state index contributed by atoms with van der Waals surface area (Å²) in [6.07, 6.45) is 0. The number of aromatic nitrogens is 4. The van der Waals surface area contributed by atoms with Crippen molar-refractivity contribution in [2.45, 2.75) is 19.1 Å². The van der Waals surface area contributed by atoms with Gasteiger partial charge in [0.05, 0.1) is 10.9 Å². The van der Waals surface area contributed by atoms with E-state index < -0.39 is 0 Å². The van der Waals surface area contributed by atoms with Gasteiger partial charge in [0.2, 0.25) is 0 Å². The average molecular weight is 346 g/mol. The van der Waals surface area contributed by atoms with Gasteiger partial charge in [-0.3, -0.25) is 4.79 Å². The molecule has 0 aliphatic carbocycles. The van der Waals surface area contributed by atoms with Gasteiger partial charge in [0.15, 0.2) is 5.82 Å². The van der Waals surface area contributed by atoms with Crippen LogP contribution in [0.15, 0.2) is 45.7 Å². The molecule has 8 heteroatoms. The van der Waals surface area contributed by atoms with Crippen LogP contribution >= 0.6 is 11.8 Å². The van der Waals surface area contributed by atoms with Crippen LogP contribution in [0.3, 0.4) is 0 Å². The first kappa shape index (κ1) is 16.4. The van der Waals surface area contributed by atoms with Gasteiger partial charge in [-0.2, -0.15) is 26.5 Å². The lowest BCUT2D eigenvalue weighted by Gasteiger charge is -2.05. The summed E-state index contributed by atoms with van der Waals surface area (Å²) in [5, 5.41) is 8.31. The molecule has 1 aromatic carbocycles. The maximum Gasteiger partial charge on any atom is 0.278 e. The molecule has 3 aromatic rings. The SMILES string of the molecule is CCS[C@@H](C)c1noc(-c2ccc(=O)n(-c3ccc(F)cc3)n2)n1. The molecule has 0 radical (unpaired) electrons. The maximum absolute atomic E-state index is 13.0. The zero-order chi connectivity index (χ0) is 17.1. The second kappa shape index (κ2) is 6.96. The van der Waals surface area contributed by atoms with E-state index >= 15 is 0 Å². The number of nitrogens with zero attached hydrogens (tertiary/aromatic N) is 4. The topological polar surface area (TPSA) is 73.8 Å². The minimum atomic E-state index is -0.382. The van der Waals surface area contributed by atoms with Gasteiger partial charge < -0.3 is 4.52 Å². The Morgan fingerprint density at radius 2 is 2.00 bits per heavy atom. The standard InChI is InChI=1S/C16H15FN4O2S/c1-3-24-10(2)15-18-16(23-20-15)13-8-9-14(22)21(19-13)12-6-4-11(17)5-7-12/h4-10H,3H2,1-2H3/t10-/m0/s1. The molecule has 2 aromatic heterocycles. The highest BCUT2D eigenvalue weighted by Crippen LogP contribution is 2.26. The van der Waals surface area contributed by atoms with Gasteiger partial charge >= 0.3 is 0 Å².